The van der Waals surface area contributed by atoms with E-state index < -0.39 is 17.6 Å². The van der Waals surface area contributed by atoms with E-state index in [1.807, 2.05) is 0 Å². The van der Waals surface area contributed by atoms with Crippen LogP contribution in [0.2, 0.25) is 0 Å². The molecule has 0 spiro atoms. The molecule has 106 valence electrons. The minimum absolute atomic E-state index is 0.0254. The van der Waals surface area contributed by atoms with Gasteiger partial charge in [0.15, 0.2) is 5.76 Å². The lowest BCUT2D eigenvalue weighted by Crippen LogP contribution is -2.11. The topological polar surface area (TPSA) is 74.5 Å². The minimum Gasteiger partial charge on any atom is -0.433 e. The number of rotatable bonds is 3. The summed E-state index contributed by atoms with van der Waals surface area (Å²) in [5, 5.41) is 10.9. The predicted molar refractivity (Wildman–Crippen MR) is 63.5 cm³/mol. The normalized spacial score (nSPS) is 11.2. The van der Waals surface area contributed by atoms with Gasteiger partial charge < -0.3 is 9.73 Å². The van der Waals surface area contributed by atoms with Gasteiger partial charge in [0.25, 0.3) is 5.91 Å². The molecule has 1 amide bonds. The molecule has 0 atom stereocenters. The lowest BCUT2D eigenvalue weighted by molar-refractivity contribution is -0.137. The van der Waals surface area contributed by atoms with Crippen LogP contribution in [0.3, 0.4) is 0 Å². The first-order valence-corrected chi connectivity index (χ1v) is 5.38. The summed E-state index contributed by atoms with van der Waals surface area (Å²) in [7, 11) is 0. The summed E-state index contributed by atoms with van der Waals surface area (Å²) in [6, 6.07) is 6.61. The van der Waals surface area contributed by atoms with E-state index in [1.54, 1.807) is 5.48 Å². The van der Waals surface area contributed by atoms with Gasteiger partial charge in [-0.25, -0.2) is 5.48 Å². The highest BCUT2D eigenvalue weighted by atomic mass is 19.4. The summed E-state index contributed by atoms with van der Waals surface area (Å²) in [5.74, 6) is -0.768. The summed E-state index contributed by atoms with van der Waals surface area (Å²) in [5.41, 5.74) is 1.11. The Hall–Kier alpha value is -2.48. The summed E-state index contributed by atoms with van der Waals surface area (Å²) >= 11 is 0. The zero-order valence-corrected chi connectivity index (χ0v) is 9.86. The second kappa shape index (κ2) is 5.25. The van der Waals surface area contributed by atoms with Gasteiger partial charge >= 0.3 is 6.18 Å². The molecule has 0 radical (unpaired) electrons. The molecule has 1 aromatic carbocycles. The number of benzene rings is 1. The third kappa shape index (κ3) is 3.09. The van der Waals surface area contributed by atoms with E-state index in [4.69, 9.17) is 9.62 Å². The molecule has 0 aliphatic heterocycles. The molecular formula is C12H9F3N2O3. The quantitative estimate of drug-likeness (QED) is 0.756. The number of halogens is 3. The van der Waals surface area contributed by atoms with Crippen LogP contribution >= 0.6 is 0 Å². The van der Waals surface area contributed by atoms with Gasteiger partial charge in [-0.15, -0.1) is 0 Å². The molecule has 5 nitrogen and oxygen atoms in total. The van der Waals surface area contributed by atoms with Crippen LogP contribution in [0.4, 0.5) is 24.7 Å². The Labute approximate surface area is 111 Å². The number of carbonyl (C=O) groups excluding carboxylic acids is 1. The monoisotopic (exact) mass is 286 g/mol. The summed E-state index contributed by atoms with van der Waals surface area (Å²) in [6.45, 7) is 0. The van der Waals surface area contributed by atoms with Crippen molar-refractivity contribution in [3.8, 4) is 0 Å². The van der Waals surface area contributed by atoms with Gasteiger partial charge in [0.2, 0.25) is 5.88 Å². The molecule has 1 heterocycles. The van der Waals surface area contributed by atoms with Crippen molar-refractivity contribution >= 4 is 17.5 Å². The molecule has 0 aliphatic rings. The first-order valence-electron chi connectivity index (χ1n) is 5.38. The molecule has 20 heavy (non-hydrogen) atoms. The molecule has 8 heteroatoms. The van der Waals surface area contributed by atoms with E-state index in [9.17, 15) is 18.0 Å². The number of hydrogen-bond donors (Lipinski definition) is 3. The molecule has 0 unspecified atom stereocenters. The molecule has 2 aromatic rings. The van der Waals surface area contributed by atoms with Crippen molar-refractivity contribution in [1.82, 2.24) is 0 Å². The number of nitrogens with one attached hydrogen (secondary N) is 2. The van der Waals surface area contributed by atoms with E-state index in [0.717, 1.165) is 24.3 Å². The standard InChI is InChI=1S/C12H9F3N2O3/c13-12(14,15)7-1-3-8(4-2-7)16-11(18)9-5-6-10(17-19)20-9/h1-6,17,19H,(H,16,18). The highest BCUT2D eigenvalue weighted by Gasteiger charge is 2.30. The fourth-order valence-corrected chi connectivity index (χ4v) is 1.46. The van der Waals surface area contributed by atoms with Crippen LogP contribution in [-0.2, 0) is 6.18 Å². The van der Waals surface area contributed by atoms with Crippen molar-refractivity contribution in [3.63, 3.8) is 0 Å². The third-order valence-corrected chi connectivity index (χ3v) is 2.41. The SMILES string of the molecule is O=C(Nc1ccc(C(F)(F)F)cc1)c1ccc(NO)o1. The van der Waals surface area contributed by atoms with Crippen LogP contribution < -0.4 is 10.8 Å². The van der Waals surface area contributed by atoms with E-state index in [0.29, 0.717) is 0 Å². The molecule has 1 aromatic heterocycles. The molecule has 0 bridgehead atoms. The average Bonchev–Trinajstić information content (AvgIpc) is 2.87. The van der Waals surface area contributed by atoms with E-state index in [-0.39, 0.29) is 17.3 Å². The third-order valence-electron chi connectivity index (χ3n) is 2.41. The summed E-state index contributed by atoms with van der Waals surface area (Å²) in [4.78, 5) is 11.7. The fourth-order valence-electron chi connectivity index (χ4n) is 1.46. The first kappa shape index (κ1) is 13.9. The van der Waals surface area contributed by atoms with Crippen molar-refractivity contribution in [2.45, 2.75) is 6.18 Å². The van der Waals surface area contributed by atoms with Gasteiger partial charge in [0.05, 0.1) is 5.56 Å². The maximum Gasteiger partial charge on any atom is 0.416 e. The number of carbonyl (C=O) groups is 1. The zero-order valence-electron chi connectivity index (χ0n) is 9.86. The Bertz CT molecular complexity index is 605. The number of anilines is 2. The van der Waals surface area contributed by atoms with Crippen LogP contribution in [0.5, 0.6) is 0 Å². The van der Waals surface area contributed by atoms with Crippen molar-refractivity contribution < 1.29 is 27.6 Å². The van der Waals surface area contributed by atoms with Gasteiger partial charge in [0, 0.05) is 11.8 Å². The van der Waals surface area contributed by atoms with Crippen molar-refractivity contribution in [1.29, 1.82) is 0 Å². The lowest BCUT2D eigenvalue weighted by atomic mass is 10.2. The van der Waals surface area contributed by atoms with E-state index in [2.05, 4.69) is 5.32 Å². The molecule has 0 saturated carbocycles. The maximum absolute atomic E-state index is 12.4. The highest BCUT2D eigenvalue weighted by Crippen LogP contribution is 2.29. The van der Waals surface area contributed by atoms with Gasteiger partial charge in [-0.3, -0.25) is 10.0 Å². The Balaban J connectivity index is 2.08. The van der Waals surface area contributed by atoms with E-state index in [1.165, 1.54) is 12.1 Å². The maximum atomic E-state index is 12.4. The number of amides is 1. The fraction of sp³-hybridized carbons (Fsp3) is 0.0833. The molecule has 0 saturated heterocycles. The predicted octanol–water partition coefficient (Wildman–Crippen LogP) is 3.35. The molecule has 0 aliphatic carbocycles. The van der Waals surface area contributed by atoms with Gasteiger partial charge in [0.1, 0.15) is 0 Å². The van der Waals surface area contributed by atoms with Crippen LogP contribution in [0.15, 0.2) is 40.8 Å². The number of hydrogen-bond acceptors (Lipinski definition) is 4. The van der Waals surface area contributed by atoms with Gasteiger partial charge in [-0.1, -0.05) is 0 Å². The molecular weight excluding hydrogens is 277 g/mol. The Morgan fingerprint density at radius 3 is 2.25 bits per heavy atom. The molecule has 0 fully saturated rings. The van der Waals surface area contributed by atoms with Gasteiger partial charge in [-0.05, 0) is 30.3 Å². The lowest BCUT2D eigenvalue weighted by Gasteiger charge is -2.08. The zero-order chi connectivity index (χ0) is 14.8. The second-order valence-corrected chi connectivity index (χ2v) is 3.80. The smallest absolute Gasteiger partial charge is 0.416 e. The summed E-state index contributed by atoms with van der Waals surface area (Å²) < 4.78 is 42.0. The van der Waals surface area contributed by atoms with Crippen molar-refractivity contribution in [2.24, 2.45) is 0 Å². The summed E-state index contributed by atoms with van der Waals surface area (Å²) in [6.07, 6.45) is -4.43. The largest absolute Gasteiger partial charge is 0.433 e. The molecule has 2 rings (SSSR count). The van der Waals surface area contributed by atoms with Gasteiger partial charge in [-0.2, -0.15) is 13.2 Å². The first-order chi connectivity index (χ1) is 9.40. The molecule has 3 N–H and O–H groups in total. The Kier molecular flexibility index (Phi) is 3.66. The highest BCUT2D eigenvalue weighted by molar-refractivity contribution is 6.02. The Morgan fingerprint density at radius 1 is 1.10 bits per heavy atom. The Morgan fingerprint density at radius 2 is 1.75 bits per heavy atom. The number of alkyl halides is 3. The van der Waals surface area contributed by atoms with E-state index >= 15 is 0 Å². The van der Waals surface area contributed by atoms with Crippen molar-refractivity contribution in [3.05, 3.63) is 47.7 Å². The second-order valence-electron chi connectivity index (χ2n) is 3.80. The van der Waals surface area contributed by atoms with Crippen LogP contribution in [0.25, 0.3) is 0 Å². The van der Waals surface area contributed by atoms with Crippen LogP contribution in [0, 0.1) is 0 Å². The van der Waals surface area contributed by atoms with Crippen LogP contribution in [0.1, 0.15) is 16.1 Å². The minimum atomic E-state index is -4.43. The van der Waals surface area contributed by atoms with Crippen molar-refractivity contribution in [2.75, 3.05) is 10.8 Å². The van der Waals surface area contributed by atoms with Crippen LogP contribution in [-0.4, -0.2) is 11.1 Å². The number of furan rings is 1. The average molecular weight is 286 g/mol.